The number of nitrogens with one attached hydrogen (secondary N) is 2. The molecular formula is C9H15N5O2. The normalized spacial score (nSPS) is 11.7. The maximum Gasteiger partial charge on any atom is 0.328 e. The number of carbonyl (C=O) groups excluding carboxylic acids is 1. The number of esters is 1. The highest BCUT2D eigenvalue weighted by molar-refractivity contribution is 5.78. The highest BCUT2D eigenvalue weighted by atomic mass is 16.5. The second kappa shape index (κ2) is 5.86. The lowest BCUT2D eigenvalue weighted by Crippen LogP contribution is -2.28. The Morgan fingerprint density at radius 2 is 2.25 bits per heavy atom. The molecule has 0 aliphatic rings. The molecule has 1 unspecified atom stereocenters. The van der Waals surface area contributed by atoms with Gasteiger partial charge in [-0.2, -0.15) is 0 Å². The van der Waals surface area contributed by atoms with E-state index in [0.717, 1.165) is 0 Å². The number of anilines is 2. The Hall–Kier alpha value is -1.89. The summed E-state index contributed by atoms with van der Waals surface area (Å²) in [6, 6.07) is 1.12. The van der Waals surface area contributed by atoms with Crippen LogP contribution in [0.2, 0.25) is 0 Å². The fraction of sp³-hybridized carbons (Fsp3) is 0.444. The van der Waals surface area contributed by atoms with Crippen LogP contribution in [-0.4, -0.2) is 28.6 Å². The highest BCUT2D eigenvalue weighted by Crippen LogP contribution is 2.08. The topological polar surface area (TPSA) is 102 Å². The number of aromatic nitrogens is 2. The Bertz CT molecular complexity index is 358. The van der Waals surface area contributed by atoms with Gasteiger partial charge in [-0.15, -0.1) is 0 Å². The molecule has 0 amide bonds. The van der Waals surface area contributed by atoms with E-state index < -0.39 is 6.04 Å². The zero-order chi connectivity index (χ0) is 12.0. The molecule has 1 aromatic rings. The first-order valence-corrected chi connectivity index (χ1v) is 4.89. The highest BCUT2D eigenvalue weighted by Gasteiger charge is 2.13. The van der Waals surface area contributed by atoms with Gasteiger partial charge in [-0.1, -0.05) is 0 Å². The molecule has 88 valence electrons. The second-order valence-corrected chi connectivity index (χ2v) is 3.05. The maximum absolute atomic E-state index is 11.3. The van der Waals surface area contributed by atoms with E-state index in [9.17, 15) is 4.79 Å². The summed E-state index contributed by atoms with van der Waals surface area (Å²) in [5.74, 6) is 5.84. The van der Waals surface area contributed by atoms with Crippen LogP contribution in [0.4, 0.5) is 11.6 Å². The van der Waals surface area contributed by atoms with E-state index >= 15 is 0 Å². The fourth-order valence-electron chi connectivity index (χ4n) is 1.06. The molecule has 0 aliphatic heterocycles. The van der Waals surface area contributed by atoms with Gasteiger partial charge in [-0.25, -0.2) is 20.6 Å². The maximum atomic E-state index is 11.3. The van der Waals surface area contributed by atoms with Gasteiger partial charge in [0.25, 0.3) is 0 Å². The van der Waals surface area contributed by atoms with E-state index in [1.807, 2.05) is 0 Å². The van der Waals surface area contributed by atoms with Gasteiger partial charge in [0.05, 0.1) is 6.61 Å². The molecule has 1 aromatic heterocycles. The number of ether oxygens (including phenoxy) is 1. The predicted octanol–water partition coefficient (Wildman–Crippen LogP) is 0.126. The molecule has 4 N–H and O–H groups in total. The van der Waals surface area contributed by atoms with Gasteiger partial charge in [-0.3, -0.25) is 0 Å². The molecule has 1 atom stereocenters. The Morgan fingerprint density at radius 1 is 1.56 bits per heavy atom. The smallest absolute Gasteiger partial charge is 0.328 e. The van der Waals surface area contributed by atoms with Crippen molar-refractivity contribution in [2.45, 2.75) is 19.9 Å². The van der Waals surface area contributed by atoms with Crippen molar-refractivity contribution < 1.29 is 9.53 Å². The van der Waals surface area contributed by atoms with Gasteiger partial charge in [0, 0.05) is 6.07 Å². The van der Waals surface area contributed by atoms with Crippen molar-refractivity contribution in [2.75, 3.05) is 17.3 Å². The third kappa shape index (κ3) is 3.35. The second-order valence-electron chi connectivity index (χ2n) is 3.05. The monoisotopic (exact) mass is 225 g/mol. The molecule has 0 bridgehead atoms. The molecule has 7 heteroatoms. The molecule has 1 rings (SSSR count). The van der Waals surface area contributed by atoms with Crippen LogP contribution in [0.5, 0.6) is 0 Å². The van der Waals surface area contributed by atoms with Crippen LogP contribution in [0.3, 0.4) is 0 Å². The summed E-state index contributed by atoms with van der Waals surface area (Å²) in [6.45, 7) is 3.80. The van der Waals surface area contributed by atoms with Crippen LogP contribution in [-0.2, 0) is 9.53 Å². The number of hydrogen-bond acceptors (Lipinski definition) is 7. The third-order valence-electron chi connectivity index (χ3n) is 1.82. The average Bonchev–Trinajstić information content (AvgIpc) is 2.29. The standard InChI is InChI=1S/C9H15N5O2/c1-3-16-9(15)6(2)13-7-4-8(14-10)12-5-11-7/h4-6H,3,10H2,1-2H3,(H2,11,12,13,14). The lowest BCUT2D eigenvalue weighted by Gasteiger charge is -2.13. The Balaban J connectivity index is 2.61. The van der Waals surface area contributed by atoms with Gasteiger partial charge < -0.3 is 15.5 Å². The minimum Gasteiger partial charge on any atom is -0.464 e. The number of rotatable bonds is 5. The van der Waals surface area contributed by atoms with Gasteiger partial charge in [0.1, 0.15) is 24.0 Å². The number of hydrogen-bond donors (Lipinski definition) is 3. The van der Waals surface area contributed by atoms with E-state index in [-0.39, 0.29) is 5.97 Å². The molecule has 0 spiro atoms. The molecule has 7 nitrogen and oxygen atoms in total. The van der Waals surface area contributed by atoms with Crippen molar-refractivity contribution in [3.8, 4) is 0 Å². The van der Waals surface area contributed by atoms with E-state index in [1.54, 1.807) is 19.9 Å². The molecule has 0 aliphatic carbocycles. The number of nitrogens with two attached hydrogens (primary N) is 1. The first-order valence-electron chi connectivity index (χ1n) is 4.89. The summed E-state index contributed by atoms with van der Waals surface area (Å²) < 4.78 is 4.85. The fourth-order valence-corrected chi connectivity index (χ4v) is 1.06. The number of nitrogen functional groups attached to an aromatic ring is 1. The number of carbonyl (C=O) groups is 1. The van der Waals surface area contributed by atoms with E-state index in [1.165, 1.54) is 6.33 Å². The summed E-state index contributed by atoms with van der Waals surface area (Å²) in [5.41, 5.74) is 2.39. The summed E-state index contributed by atoms with van der Waals surface area (Å²) in [7, 11) is 0. The summed E-state index contributed by atoms with van der Waals surface area (Å²) in [4.78, 5) is 19.1. The van der Waals surface area contributed by atoms with Crippen LogP contribution >= 0.6 is 0 Å². The van der Waals surface area contributed by atoms with Crippen LogP contribution < -0.4 is 16.6 Å². The van der Waals surface area contributed by atoms with Crippen molar-refractivity contribution in [1.82, 2.24) is 9.97 Å². The minimum absolute atomic E-state index is 0.330. The molecule has 0 saturated heterocycles. The first kappa shape index (κ1) is 12.2. The SMILES string of the molecule is CCOC(=O)C(C)Nc1cc(NN)ncn1. The molecule has 0 aromatic carbocycles. The lowest BCUT2D eigenvalue weighted by atomic mass is 10.3. The van der Waals surface area contributed by atoms with Crippen molar-refractivity contribution in [3.63, 3.8) is 0 Å². The van der Waals surface area contributed by atoms with E-state index in [4.69, 9.17) is 10.6 Å². The van der Waals surface area contributed by atoms with E-state index in [0.29, 0.717) is 18.2 Å². The molecule has 0 saturated carbocycles. The third-order valence-corrected chi connectivity index (χ3v) is 1.82. The first-order chi connectivity index (χ1) is 7.67. The van der Waals surface area contributed by atoms with Gasteiger partial charge >= 0.3 is 5.97 Å². The number of nitrogens with zero attached hydrogens (tertiary/aromatic N) is 2. The predicted molar refractivity (Wildman–Crippen MR) is 59.6 cm³/mol. The summed E-state index contributed by atoms with van der Waals surface area (Å²) >= 11 is 0. The quantitative estimate of drug-likeness (QED) is 0.371. The summed E-state index contributed by atoms with van der Waals surface area (Å²) in [6.07, 6.45) is 1.34. The molecule has 0 fully saturated rings. The minimum atomic E-state index is -0.472. The number of hydrazine groups is 1. The Kier molecular flexibility index (Phi) is 4.46. The zero-order valence-corrected chi connectivity index (χ0v) is 9.23. The summed E-state index contributed by atoms with van der Waals surface area (Å²) in [5, 5.41) is 2.88. The van der Waals surface area contributed by atoms with Gasteiger partial charge in [0.15, 0.2) is 0 Å². The van der Waals surface area contributed by atoms with Crippen LogP contribution in [0.15, 0.2) is 12.4 Å². The van der Waals surface area contributed by atoms with Crippen molar-refractivity contribution in [2.24, 2.45) is 5.84 Å². The molecular weight excluding hydrogens is 210 g/mol. The van der Waals surface area contributed by atoms with Crippen LogP contribution in [0.25, 0.3) is 0 Å². The largest absolute Gasteiger partial charge is 0.464 e. The van der Waals surface area contributed by atoms with Gasteiger partial charge in [-0.05, 0) is 13.8 Å². The van der Waals surface area contributed by atoms with Crippen molar-refractivity contribution in [3.05, 3.63) is 12.4 Å². The molecule has 16 heavy (non-hydrogen) atoms. The van der Waals surface area contributed by atoms with Crippen molar-refractivity contribution in [1.29, 1.82) is 0 Å². The average molecular weight is 225 g/mol. The van der Waals surface area contributed by atoms with Crippen molar-refractivity contribution >= 4 is 17.6 Å². The van der Waals surface area contributed by atoms with Crippen LogP contribution in [0, 0.1) is 0 Å². The zero-order valence-electron chi connectivity index (χ0n) is 9.23. The Morgan fingerprint density at radius 3 is 2.88 bits per heavy atom. The molecule has 0 radical (unpaired) electrons. The van der Waals surface area contributed by atoms with Crippen LogP contribution in [0.1, 0.15) is 13.8 Å². The molecule has 1 heterocycles. The lowest BCUT2D eigenvalue weighted by molar-refractivity contribution is -0.143. The van der Waals surface area contributed by atoms with E-state index in [2.05, 4.69) is 20.7 Å². The van der Waals surface area contributed by atoms with Gasteiger partial charge in [0.2, 0.25) is 0 Å². The Labute approximate surface area is 93.4 Å².